The van der Waals surface area contributed by atoms with Crippen molar-refractivity contribution in [3.63, 3.8) is 0 Å². The fourth-order valence-electron chi connectivity index (χ4n) is 2.84. The van der Waals surface area contributed by atoms with Gasteiger partial charge in [-0.1, -0.05) is 54.6 Å². The van der Waals surface area contributed by atoms with Crippen LogP contribution in [0.3, 0.4) is 0 Å². The molecule has 1 fully saturated rings. The van der Waals surface area contributed by atoms with Crippen LogP contribution in [0.25, 0.3) is 17.2 Å². The Kier molecular flexibility index (Phi) is 4.68. The number of thioether (sulfide) groups is 1. The van der Waals surface area contributed by atoms with Crippen molar-refractivity contribution < 1.29 is 9.53 Å². The Hall–Kier alpha value is -2.37. The molecule has 4 rings (SSSR count). The monoisotopic (exact) mass is 350 g/mol. The van der Waals surface area contributed by atoms with Gasteiger partial charge in [0.05, 0.1) is 18.1 Å². The second-order valence-corrected chi connectivity index (χ2v) is 6.91. The van der Waals surface area contributed by atoms with Gasteiger partial charge in [-0.3, -0.25) is 4.79 Å². The highest BCUT2D eigenvalue weighted by Crippen LogP contribution is 2.31. The fraction of sp³-hybridized carbons (Fsp3) is 0.200. The third kappa shape index (κ3) is 3.67. The Labute approximate surface area is 151 Å². The minimum atomic E-state index is -0.154. The quantitative estimate of drug-likeness (QED) is 0.775. The number of amidine groups is 1. The van der Waals surface area contributed by atoms with Crippen LogP contribution in [0.5, 0.6) is 0 Å². The first-order valence-corrected chi connectivity index (χ1v) is 9.12. The lowest BCUT2D eigenvalue weighted by molar-refractivity contribution is -0.113. The molecule has 0 aromatic heterocycles. The van der Waals surface area contributed by atoms with E-state index in [-0.39, 0.29) is 5.91 Å². The molecule has 1 saturated heterocycles. The van der Waals surface area contributed by atoms with Crippen LogP contribution in [0.2, 0.25) is 0 Å². The van der Waals surface area contributed by atoms with Gasteiger partial charge in [0.15, 0.2) is 5.17 Å². The van der Waals surface area contributed by atoms with Crippen LogP contribution >= 0.6 is 11.8 Å². The zero-order chi connectivity index (χ0) is 17.1. The minimum Gasteiger partial charge on any atom is -0.378 e. The smallest absolute Gasteiger partial charge is 0.286 e. The van der Waals surface area contributed by atoms with E-state index in [1.54, 1.807) is 0 Å². The van der Waals surface area contributed by atoms with Crippen LogP contribution in [0.15, 0.2) is 64.5 Å². The zero-order valence-corrected chi connectivity index (χ0v) is 14.5. The Morgan fingerprint density at radius 1 is 0.960 bits per heavy atom. The lowest BCUT2D eigenvalue weighted by atomic mass is 10.0. The topological polar surface area (TPSA) is 41.9 Å². The molecule has 126 valence electrons. The summed E-state index contributed by atoms with van der Waals surface area (Å²) < 4.78 is 5.35. The van der Waals surface area contributed by atoms with E-state index >= 15 is 0 Å². The number of amides is 1. The van der Waals surface area contributed by atoms with Crippen LogP contribution in [0.1, 0.15) is 5.56 Å². The van der Waals surface area contributed by atoms with Gasteiger partial charge in [-0.05, 0) is 34.5 Å². The number of carbonyl (C=O) groups is 1. The summed E-state index contributed by atoms with van der Waals surface area (Å²) in [5.74, 6) is -0.154. The summed E-state index contributed by atoms with van der Waals surface area (Å²) in [6, 6.07) is 18.5. The third-order valence-corrected chi connectivity index (χ3v) is 5.25. The van der Waals surface area contributed by atoms with E-state index in [4.69, 9.17) is 4.74 Å². The van der Waals surface area contributed by atoms with E-state index in [2.05, 4.69) is 34.2 Å². The molecule has 2 aromatic carbocycles. The van der Waals surface area contributed by atoms with Gasteiger partial charge in [0.2, 0.25) is 0 Å². The van der Waals surface area contributed by atoms with Crippen LogP contribution in [0, 0.1) is 0 Å². The molecule has 5 heteroatoms. The molecule has 0 atom stereocenters. The summed E-state index contributed by atoms with van der Waals surface area (Å²) >= 11 is 1.45. The van der Waals surface area contributed by atoms with Crippen LogP contribution in [-0.4, -0.2) is 42.3 Å². The summed E-state index contributed by atoms with van der Waals surface area (Å²) in [5, 5.41) is 0.792. The van der Waals surface area contributed by atoms with Crippen molar-refractivity contribution in [2.24, 2.45) is 4.99 Å². The standard InChI is InChI=1S/C20H18N2O2S/c23-19-18(25-20(21-19)22-10-12-24-13-11-22)14-15-6-8-17(9-7-15)16-4-2-1-3-5-16/h1-9,14H,10-13H2. The van der Waals surface area contributed by atoms with Gasteiger partial charge in [0.1, 0.15) is 0 Å². The molecule has 0 N–H and O–H groups in total. The molecule has 25 heavy (non-hydrogen) atoms. The van der Waals surface area contributed by atoms with Crippen molar-refractivity contribution in [1.82, 2.24) is 4.90 Å². The highest BCUT2D eigenvalue weighted by molar-refractivity contribution is 8.18. The molecule has 2 heterocycles. The predicted octanol–water partition coefficient (Wildman–Crippen LogP) is 3.66. The number of aliphatic imine (C=N–C) groups is 1. The molecular weight excluding hydrogens is 332 g/mol. The maximum absolute atomic E-state index is 12.2. The molecule has 0 saturated carbocycles. The fourth-order valence-corrected chi connectivity index (χ4v) is 3.81. The number of morpholine rings is 1. The van der Waals surface area contributed by atoms with Crippen molar-refractivity contribution in [3.05, 3.63) is 65.1 Å². The highest BCUT2D eigenvalue weighted by atomic mass is 32.2. The van der Waals surface area contributed by atoms with Crippen LogP contribution < -0.4 is 0 Å². The summed E-state index contributed by atoms with van der Waals surface area (Å²) in [7, 11) is 0. The number of hydrogen-bond acceptors (Lipinski definition) is 4. The number of nitrogens with zero attached hydrogens (tertiary/aromatic N) is 2. The van der Waals surface area contributed by atoms with Crippen LogP contribution in [-0.2, 0) is 9.53 Å². The minimum absolute atomic E-state index is 0.154. The van der Waals surface area contributed by atoms with E-state index in [0.717, 1.165) is 23.8 Å². The largest absolute Gasteiger partial charge is 0.378 e. The molecule has 1 amide bonds. The summed E-state index contributed by atoms with van der Waals surface area (Å²) in [4.78, 5) is 19.2. The van der Waals surface area contributed by atoms with Crippen molar-refractivity contribution in [1.29, 1.82) is 0 Å². The Bertz CT molecular complexity index is 823. The number of carbonyl (C=O) groups excluding carboxylic acids is 1. The third-order valence-electron chi connectivity index (χ3n) is 4.21. The first-order valence-electron chi connectivity index (χ1n) is 8.30. The van der Waals surface area contributed by atoms with Gasteiger partial charge in [0, 0.05) is 13.1 Å². The summed E-state index contributed by atoms with van der Waals surface area (Å²) in [6.45, 7) is 2.96. The Balaban J connectivity index is 1.49. The molecule has 2 aliphatic heterocycles. The van der Waals surface area contributed by atoms with Crippen molar-refractivity contribution in [2.75, 3.05) is 26.3 Å². The highest BCUT2D eigenvalue weighted by Gasteiger charge is 2.27. The van der Waals surface area contributed by atoms with Gasteiger partial charge in [-0.15, -0.1) is 0 Å². The average molecular weight is 350 g/mol. The Morgan fingerprint density at radius 2 is 1.64 bits per heavy atom. The lowest BCUT2D eigenvalue weighted by Crippen LogP contribution is -2.38. The molecule has 0 radical (unpaired) electrons. The summed E-state index contributed by atoms with van der Waals surface area (Å²) in [5.41, 5.74) is 3.36. The SMILES string of the molecule is O=C1N=C(N2CCOCC2)SC1=Cc1ccc(-c2ccccc2)cc1. The number of hydrogen-bond donors (Lipinski definition) is 0. The van der Waals surface area contributed by atoms with Crippen molar-refractivity contribution in [3.8, 4) is 11.1 Å². The molecule has 2 aliphatic rings. The lowest BCUT2D eigenvalue weighted by Gasteiger charge is -2.27. The molecule has 4 nitrogen and oxygen atoms in total. The van der Waals surface area contributed by atoms with E-state index in [1.165, 1.54) is 22.9 Å². The van der Waals surface area contributed by atoms with Gasteiger partial charge in [-0.2, -0.15) is 4.99 Å². The summed E-state index contributed by atoms with van der Waals surface area (Å²) in [6.07, 6.45) is 1.92. The van der Waals surface area contributed by atoms with E-state index < -0.39 is 0 Å². The zero-order valence-electron chi connectivity index (χ0n) is 13.7. The predicted molar refractivity (Wildman–Crippen MR) is 102 cm³/mol. The molecule has 2 aromatic rings. The maximum Gasteiger partial charge on any atom is 0.286 e. The van der Waals surface area contributed by atoms with Gasteiger partial charge in [-0.25, -0.2) is 0 Å². The second-order valence-electron chi connectivity index (χ2n) is 5.90. The molecule has 0 bridgehead atoms. The van der Waals surface area contributed by atoms with Gasteiger partial charge in [0.25, 0.3) is 5.91 Å². The molecular formula is C20H18N2O2S. The van der Waals surface area contributed by atoms with E-state index in [1.807, 2.05) is 36.4 Å². The first-order chi connectivity index (χ1) is 12.3. The van der Waals surface area contributed by atoms with E-state index in [0.29, 0.717) is 18.1 Å². The number of ether oxygens (including phenoxy) is 1. The van der Waals surface area contributed by atoms with E-state index in [9.17, 15) is 4.79 Å². The number of rotatable bonds is 2. The Morgan fingerprint density at radius 3 is 2.36 bits per heavy atom. The van der Waals surface area contributed by atoms with Gasteiger partial charge >= 0.3 is 0 Å². The number of benzene rings is 2. The average Bonchev–Trinajstić information content (AvgIpc) is 3.04. The second kappa shape index (κ2) is 7.25. The normalized spacial score (nSPS) is 19.4. The van der Waals surface area contributed by atoms with Crippen LogP contribution in [0.4, 0.5) is 0 Å². The maximum atomic E-state index is 12.2. The van der Waals surface area contributed by atoms with Crippen molar-refractivity contribution >= 4 is 28.9 Å². The molecule has 0 spiro atoms. The van der Waals surface area contributed by atoms with Crippen molar-refractivity contribution in [2.45, 2.75) is 0 Å². The first kappa shape index (κ1) is 16.1. The molecule has 0 unspecified atom stereocenters. The van der Waals surface area contributed by atoms with Gasteiger partial charge < -0.3 is 9.64 Å². The molecule has 0 aliphatic carbocycles.